The highest BCUT2D eigenvalue weighted by Crippen LogP contribution is 2.15. The van der Waals surface area contributed by atoms with E-state index < -0.39 is 10.8 Å². The van der Waals surface area contributed by atoms with Crippen LogP contribution in [0.4, 0.5) is 0 Å². The maximum atomic E-state index is 11.0. The highest BCUT2D eigenvalue weighted by molar-refractivity contribution is 7.84. The Morgan fingerprint density at radius 3 is 2.62 bits per heavy atom. The predicted molar refractivity (Wildman–Crippen MR) is 57.0 cm³/mol. The van der Waals surface area contributed by atoms with Crippen molar-refractivity contribution in [2.75, 3.05) is 12.0 Å². The van der Waals surface area contributed by atoms with E-state index in [1.54, 1.807) is 6.26 Å². The van der Waals surface area contributed by atoms with Crippen molar-refractivity contribution in [3.8, 4) is 0 Å². The molecule has 2 N–H and O–H groups in total. The van der Waals surface area contributed by atoms with E-state index in [9.17, 15) is 4.21 Å². The lowest BCUT2D eigenvalue weighted by Gasteiger charge is -2.12. The standard InChI is InChI=1S/C10H15NOS/c1-8-5-3-4-6-9(8)10(11)7-13(2)12/h3-6,10H,7,11H2,1-2H3. The van der Waals surface area contributed by atoms with Gasteiger partial charge in [0.2, 0.25) is 0 Å². The predicted octanol–water partition coefficient (Wildman–Crippen LogP) is 1.37. The third-order valence-electron chi connectivity index (χ3n) is 2.00. The first kappa shape index (κ1) is 10.4. The van der Waals surface area contributed by atoms with Crippen LogP contribution in [0.1, 0.15) is 17.2 Å². The van der Waals surface area contributed by atoms with Gasteiger partial charge in [-0.05, 0) is 18.1 Å². The van der Waals surface area contributed by atoms with Crippen molar-refractivity contribution < 1.29 is 4.21 Å². The molecule has 0 aromatic heterocycles. The van der Waals surface area contributed by atoms with Crippen LogP contribution in [0.2, 0.25) is 0 Å². The van der Waals surface area contributed by atoms with Crippen LogP contribution >= 0.6 is 0 Å². The number of nitrogens with two attached hydrogens (primary N) is 1. The van der Waals surface area contributed by atoms with Gasteiger partial charge in [-0.2, -0.15) is 0 Å². The molecule has 2 nitrogen and oxygen atoms in total. The van der Waals surface area contributed by atoms with Crippen molar-refractivity contribution >= 4 is 10.8 Å². The number of rotatable bonds is 3. The molecule has 0 saturated carbocycles. The SMILES string of the molecule is Cc1ccccc1C(N)CS(C)=O. The molecular weight excluding hydrogens is 182 g/mol. The van der Waals surface area contributed by atoms with Gasteiger partial charge in [0.25, 0.3) is 0 Å². The van der Waals surface area contributed by atoms with Crippen molar-refractivity contribution in [3.05, 3.63) is 35.4 Å². The Balaban J connectivity index is 2.82. The normalized spacial score (nSPS) is 15.3. The number of hydrogen-bond acceptors (Lipinski definition) is 2. The van der Waals surface area contributed by atoms with E-state index in [2.05, 4.69) is 0 Å². The van der Waals surface area contributed by atoms with Crippen LogP contribution in [0, 0.1) is 6.92 Å². The third kappa shape index (κ3) is 2.94. The van der Waals surface area contributed by atoms with E-state index in [0.717, 1.165) is 5.56 Å². The molecule has 0 amide bonds. The molecule has 1 aromatic carbocycles. The fourth-order valence-corrected chi connectivity index (χ4v) is 2.03. The Hall–Kier alpha value is -0.670. The quantitative estimate of drug-likeness (QED) is 0.795. The van der Waals surface area contributed by atoms with Crippen LogP contribution < -0.4 is 5.73 Å². The van der Waals surface area contributed by atoms with Gasteiger partial charge in [0.15, 0.2) is 0 Å². The van der Waals surface area contributed by atoms with Gasteiger partial charge < -0.3 is 5.73 Å². The van der Waals surface area contributed by atoms with Crippen LogP contribution in [-0.2, 0) is 10.8 Å². The zero-order valence-corrected chi connectivity index (χ0v) is 8.80. The van der Waals surface area contributed by atoms with Gasteiger partial charge in [-0.1, -0.05) is 24.3 Å². The fraction of sp³-hybridized carbons (Fsp3) is 0.400. The average Bonchev–Trinajstić information content (AvgIpc) is 2.03. The van der Waals surface area contributed by atoms with Crippen molar-refractivity contribution in [3.63, 3.8) is 0 Å². The van der Waals surface area contributed by atoms with Crippen LogP contribution in [0.15, 0.2) is 24.3 Å². The largest absolute Gasteiger partial charge is 0.323 e. The first-order chi connectivity index (χ1) is 6.11. The van der Waals surface area contributed by atoms with Gasteiger partial charge in [0.05, 0.1) is 0 Å². The first-order valence-electron chi connectivity index (χ1n) is 4.22. The summed E-state index contributed by atoms with van der Waals surface area (Å²) in [6.07, 6.45) is 1.68. The zero-order valence-electron chi connectivity index (χ0n) is 7.99. The molecule has 13 heavy (non-hydrogen) atoms. The van der Waals surface area contributed by atoms with Gasteiger partial charge in [0, 0.05) is 28.9 Å². The molecule has 0 spiro atoms. The van der Waals surface area contributed by atoms with Crippen LogP contribution in [-0.4, -0.2) is 16.2 Å². The lowest BCUT2D eigenvalue weighted by Crippen LogP contribution is -2.18. The molecule has 2 unspecified atom stereocenters. The Kier molecular flexibility index (Phi) is 3.63. The van der Waals surface area contributed by atoms with Crippen molar-refractivity contribution in [1.82, 2.24) is 0 Å². The van der Waals surface area contributed by atoms with Crippen molar-refractivity contribution in [2.45, 2.75) is 13.0 Å². The summed E-state index contributed by atoms with van der Waals surface area (Å²) in [4.78, 5) is 0. The molecule has 0 radical (unpaired) electrons. The summed E-state index contributed by atoms with van der Waals surface area (Å²) in [6.45, 7) is 2.02. The van der Waals surface area contributed by atoms with E-state index >= 15 is 0 Å². The molecule has 0 aliphatic rings. The Bertz CT molecular complexity index is 312. The summed E-state index contributed by atoms with van der Waals surface area (Å²) in [6, 6.07) is 7.85. The van der Waals surface area contributed by atoms with Crippen molar-refractivity contribution in [2.24, 2.45) is 5.73 Å². The molecule has 0 fully saturated rings. The lowest BCUT2D eigenvalue weighted by molar-refractivity contribution is 0.679. The number of aryl methyl sites for hydroxylation is 1. The average molecular weight is 197 g/mol. The summed E-state index contributed by atoms with van der Waals surface area (Å²) in [5.41, 5.74) is 8.17. The molecule has 3 heteroatoms. The molecular formula is C10H15NOS. The van der Waals surface area contributed by atoms with E-state index in [1.165, 1.54) is 5.56 Å². The number of benzene rings is 1. The highest BCUT2D eigenvalue weighted by Gasteiger charge is 2.09. The topological polar surface area (TPSA) is 43.1 Å². The summed E-state index contributed by atoms with van der Waals surface area (Å²) in [7, 11) is -0.829. The lowest BCUT2D eigenvalue weighted by atomic mass is 10.0. The molecule has 0 heterocycles. The second-order valence-corrected chi connectivity index (χ2v) is 4.68. The number of hydrogen-bond donors (Lipinski definition) is 1. The van der Waals surface area contributed by atoms with Crippen LogP contribution in [0.25, 0.3) is 0 Å². The molecule has 72 valence electrons. The highest BCUT2D eigenvalue weighted by atomic mass is 32.2. The third-order valence-corrected chi connectivity index (χ3v) is 2.83. The smallest absolute Gasteiger partial charge is 0.0425 e. The molecule has 0 aliphatic heterocycles. The van der Waals surface area contributed by atoms with Gasteiger partial charge in [0.1, 0.15) is 0 Å². The monoisotopic (exact) mass is 197 g/mol. The van der Waals surface area contributed by atoms with Gasteiger partial charge in [-0.25, -0.2) is 0 Å². The maximum Gasteiger partial charge on any atom is 0.0425 e. The second-order valence-electron chi connectivity index (χ2n) is 3.20. The van der Waals surface area contributed by atoms with E-state index in [1.807, 2.05) is 31.2 Å². The van der Waals surface area contributed by atoms with Crippen LogP contribution in [0.3, 0.4) is 0 Å². The Labute approximate surface area is 81.6 Å². The summed E-state index contributed by atoms with van der Waals surface area (Å²) >= 11 is 0. The van der Waals surface area contributed by atoms with Gasteiger partial charge in [-0.15, -0.1) is 0 Å². The fourth-order valence-electron chi connectivity index (χ4n) is 1.35. The second kappa shape index (κ2) is 4.53. The van der Waals surface area contributed by atoms with Crippen LogP contribution in [0.5, 0.6) is 0 Å². The van der Waals surface area contributed by atoms with Gasteiger partial charge >= 0.3 is 0 Å². The van der Waals surface area contributed by atoms with E-state index in [4.69, 9.17) is 5.73 Å². The zero-order chi connectivity index (χ0) is 9.84. The minimum atomic E-state index is -0.829. The summed E-state index contributed by atoms with van der Waals surface area (Å²) in [5, 5.41) is 0. The molecule has 1 rings (SSSR count). The minimum absolute atomic E-state index is 0.105. The molecule has 0 bridgehead atoms. The molecule has 1 aromatic rings. The van der Waals surface area contributed by atoms with Gasteiger partial charge in [-0.3, -0.25) is 4.21 Å². The maximum absolute atomic E-state index is 11.0. The Morgan fingerprint density at radius 2 is 2.08 bits per heavy atom. The van der Waals surface area contributed by atoms with E-state index in [0.29, 0.717) is 5.75 Å². The van der Waals surface area contributed by atoms with Crippen molar-refractivity contribution in [1.29, 1.82) is 0 Å². The molecule has 2 atom stereocenters. The molecule has 0 aliphatic carbocycles. The Morgan fingerprint density at radius 1 is 1.46 bits per heavy atom. The minimum Gasteiger partial charge on any atom is -0.323 e. The summed E-state index contributed by atoms with van der Waals surface area (Å²) in [5.74, 6) is 0.533. The first-order valence-corrected chi connectivity index (χ1v) is 5.95. The molecule has 0 saturated heterocycles. The summed E-state index contributed by atoms with van der Waals surface area (Å²) < 4.78 is 11.0. The van der Waals surface area contributed by atoms with E-state index in [-0.39, 0.29) is 6.04 Å².